The molecule has 45 heteroatoms. The largest absolute Gasteiger partial charge is 0.481 e. The summed E-state index contributed by atoms with van der Waals surface area (Å²) in [6.07, 6.45) is -0.447. The number of likely N-dealkylation sites (N-methyl/N-ethyl adjacent to an activating group) is 1. The number of amides is 14. The minimum atomic E-state index is -1.67. The summed E-state index contributed by atoms with van der Waals surface area (Å²) in [7, 11) is 1.43. The Kier molecular flexibility index (Phi) is 47.7. The molecule has 4 heterocycles. The molecule has 43 nitrogen and oxygen atoms in total. The molecule has 0 saturated carbocycles. The fraction of sp³-hybridized carbons (Fsp3) is 0.667. The van der Waals surface area contributed by atoms with Gasteiger partial charge in [0.05, 0.1) is 81.4 Å². The van der Waals surface area contributed by atoms with E-state index in [4.69, 9.17) is 19.9 Å². The molecule has 4 aliphatic rings. The number of hydrogen-bond acceptors (Lipinski definition) is 28. The number of aliphatic hydroxyl groups excluding tert-OH is 1. The zero-order valence-corrected chi connectivity index (χ0v) is 71.5. The Labute approximate surface area is 721 Å². The number of carboxylic acid groups (broad SMARTS) is 4. The smallest absolute Gasteiger partial charge is 0.317 e. The Hall–Kier alpha value is -10.0. The molecule has 0 spiro atoms. The molecule has 0 aliphatic carbocycles. The Morgan fingerprint density at radius 3 is 1.46 bits per heavy atom. The van der Waals surface area contributed by atoms with Crippen LogP contribution in [0.4, 0.5) is 0 Å². The lowest BCUT2D eigenvalue weighted by Crippen LogP contribution is -2.58. The lowest BCUT2D eigenvalue weighted by Gasteiger charge is -2.33. The number of nitrogens with one attached hydrogen (secondary N) is 10. The first kappa shape index (κ1) is 104. The number of benzene rings is 1. The molecule has 0 bridgehead atoms. The Balaban J connectivity index is 1.16. The van der Waals surface area contributed by atoms with Gasteiger partial charge in [0.25, 0.3) is 11.8 Å². The minimum Gasteiger partial charge on any atom is -0.481 e. The number of nitrogens with zero attached hydrogens (tertiary/aromatic N) is 6. The van der Waals surface area contributed by atoms with Crippen LogP contribution in [0, 0.1) is 0 Å². The van der Waals surface area contributed by atoms with Crippen LogP contribution in [0.5, 0.6) is 0 Å². The average molecular weight is 1780 g/mol. The molecule has 1 aromatic carbocycles. The summed E-state index contributed by atoms with van der Waals surface area (Å²) in [6, 6.07) is -1.25. The first-order chi connectivity index (χ1) is 58.7. The van der Waals surface area contributed by atoms with Crippen molar-refractivity contribution in [3.8, 4) is 0 Å². The molecule has 0 radical (unpaired) electrons. The monoisotopic (exact) mass is 1780 g/mol. The number of aliphatic hydroxyl groups is 1. The quantitative estimate of drug-likeness (QED) is 0.0214. The molecule has 5 rings (SSSR count). The standard InChI is InChI=1S/C78H121N17O26S2/c1-4-5-15-52(84-61(99)21-20-60(98)81-23-11-36-119-38-40-121-41-39-120-37-12-24-82-63(101)44-90-28-30-91(45-65(104)105)32-34-93(47-67(108)109)35-33-92(31-29-90)46-66(106)107)71(111)88-56(77(117)95-27-10-17-58(95)78(118)94-26-9-16-57(94)74(114)80-3)49-123-69-68(75(115)89-76(69)116)122-48-55(70(110)83-25-22-64(102)103)87-73(113)54(43-51-13-7-6-8-14-51)86-72(112)53(18-19-59(79)97)85-62(100)42-50(2)96/h6-8,13-14,50,52-58,96H,4-5,9-12,15-49H2,1-3H3,(H2,79,97)(H,80,114)(H,81,98)(H,82,101)(H,83,110)(H,84,99)(H,85,100)(H,86,112)(H,87,113)(H,88,111)(H,102,103)(H,104,105)(H,106,107)(H,108,109)(H,89,115,116)/t50-,52+,53+,54+,55+,56+,57+,58+/m1/s1. The number of thioether (sulfide) groups is 2. The highest BCUT2D eigenvalue weighted by atomic mass is 32.2. The number of rotatable bonds is 56. The van der Waals surface area contributed by atoms with Gasteiger partial charge in [0.1, 0.15) is 42.3 Å². The minimum absolute atomic E-state index is 0.0209. The lowest BCUT2D eigenvalue weighted by molar-refractivity contribution is -0.147. The van der Waals surface area contributed by atoms with Gasteiger partial charge in [-0.05, 0) is 63.9 Å². The maximum absolute atomic E-state index is 15.1. The fourth-order valence-corrected chi connectivity index (χ4v) is 15.8. The van der Waals surface area contributed by atoms with E-state index in [1.165, 1.54) is 23.8 Å². The molecular formula is C78H121N17O26S2. The summed E-state index contributed by atoms with van der Waals surface area (Å²) < 4.78 is 16.9. The number of ether oxygens (including phenoxy) is 3. The number of unbranched alkanes of at least 4 members (excludes halogenated alkanes) is 1. The van der Waals surface area contributed by atoms with Crippen LogP contribution in [0.3, 0.4) is 0 Å². The van der Waals surface area contributed by atoms with Crippen LogP contribution in [0.1, 0.15) is 116 Å². The molecule has 17 N–H and O–H groups in total. The first-order valence-corrected chi connectivity index (χ1v) is 43.2. The third kappa shape index (κ3) is 40.0. The molecule has 1 aromatic rings. The van der Waals surface area contributed by atoms with Crippen LogP contribution in [0.2, 0.25) is 0 Å². The summed E-state index contributed by atoms with van der Waals surface area (Å²) in [5.41, 5.74) is 5.87. The molecule has 0 aromatic heterocycles. The number of primary amides is 1. The lowest BCUT2D eigenvalue weighted by atomic mass is 10.0. The molecule has 123 heavy (non-hydrogen) atoms. The number of hydrogen-bond donors (Lipinski definition) is 16. The van der Waals surface area contributed by atoms with E-state index >= 15 is 4.79 Å². The second kappa shape index (κ2) is 56.7. The number of carbonyl (C=O) groups is 18. The third-order valence-electron chi connectivity index (χ3n) is 19.9. The van der Waals surface area contributed by atoms with Crippen molar-refractivity contribution < 1.29 is 126 Å². The van der Waals surface area contributed by atoms with Gasteiger partial charge >= 0.3 is 23.9 Å². The van der Waals surface area contributed by atoms with Crippen molar-refractivity contribution >= 4 is 130 Å². The Morgan fingerprint density at radius 2 is 0.951 bits per heavy atom. The van der Waals surface area contributed by atoms with Crippen molar-refractivity contribution in [1.82, 2.24) is 82.6 Å². The van der Waals surface area contributed by atoms with Crippen molar-refractivity contribution in [2.24, 2.45) is 5.73 Å². The van der Waals surface area contributed by atoms with Gasteiger partial charge < -0.3 is 103 Å². The summed E-state index contributed by atoms with van der Waals surface area (Å²) in [6.45, 7) is 6.27. The predicted molar refractivity (Wildman–Crippen MR) is 444 cm³/mol. The number of nitrogens with two attached hydrogens (primary N) is 1. The van der Waals surface area contributed by atoms with Gasteiger partial charge in [-0.2, -0.15) is 0 Å². The normalized spacial score (nSPS) is 17.8. The van der Waals surface area contributed by atoms with E-state index in [1.54, 1.807) is 45.0 Å². The van der Waals surface area contributed by atoms with Crippen LogP contribution in [-0.2, 0) is 107 Å². The molecule has 3 saturated heterocycles. The zero-order valence-electron chi connectivity index (χ0n) is 69.9. The van der Waals surface area contributed by atoms with Crippen molar-refractivity contribution in [3.63, 3.8) is 0 Å². The average Bonchev–Trinajstić information content (AvgIpc) is 1.67. The van der Waals surface area contributed by atoms with Gasteiger partial charge in [-0.25, -0.2) is 0 Å². The highest BCUT2D eigenvalue weighted by Crippen LogP contribution is 2.34. The van der Waals surface area contributed by atoms with Gasteiger partial charge in [0, 0.05) is 143 Å². The van der Waals surface area contributed by atoms with Crippen molar-refractivity contribution in [2.75, 3.05) is 169 Å². The molecule has 3 fully saturated rings. The van der Waals surface area contributed by atoms with E-state index in [-0.39, 0.29) is 179 Å². The van der Waals surface area contributed by atoms with E-state index in [0.29, 0.717) is 100 Å². The number of likely N-dealkylation sites (tertiary alicyclic amines) is 2. The molecule has 4 aliphatic heterocycles. The molecule has 8 atom stereocenters. The first-order valence-electron chi connectivity index (χ1n) is 41.2. The second-order valence-corrected chi connectivity index (χ2v) is 31.9. The second-order valence-electron chi connectivity index (χ2n) is 29.8. The van der Waals surface area contributed by atoms with Gasteiger partial charge in [0.15, 0.2) is 0 Å². The summed E-state index contributed by atoms with van der Waals surface area (Å²) in [4.78, 5) is 247. The summed E-state index contributed by atoms with van der Waals surface area (Å²) in [5.74, 6) is -16.0. The van der Waals surface area contributed by atoms with E-state index in [0.717, 1.165) is 0 Å². The molecule has 0 unspecified atom stereocenters. The maximum Gasteiger partial charge on any atom is 0.317 e. The van der Waals surface area contributed by atoms with Gasteiger partial charge in [0.2, 0.25) is 70.9 Å². The molecule has 686 valence electrons. The van der Waals surface area contributed by atoms with Gasteiger partial charge in [-0.1, -0.05) is 50.1 Å². The van der Waals surface area contributed by atoms with E-state index in [9.17, 15) is 107 Å². The SMILES string of the molecule is CCCC[C@H](NC(=O)CCC(=O)NCCCOCCOCCOCCCNC(=O)CN1CCN(CC(=O)O)CCN(CC(=O)O)CCN(CC(=O)O)CC1)C(=O)N[C@@H](CSC1=C(SC[C@H](NC(=O)[C@H](Cc2ccccc2)NC(=O)[C@H](CCC(N)=O)NC(=O)C[C@@H](C)O)C(=O)NCCC(=O)O)C(=O)NC1=O)C(=O)N1CCC[C@H]1C(=O)N1CCC[C@H]1C(=O)NC. The zero-order chi connectivity index (χ0) is 90.3. The van der Waals surface area contributed by atoms with E-state index in [1.807, 2.05) is 11.8 Å². The van der Waals surface area contributed by atoms with Crippen LogP contribution >= 0.6 is 23.5 Å². The number of carbonyl (C=O) groups excluding carboxylic acids is 14. The fourth-order valence-electron chi connectivity index (χ4n) is 13.5. The number of aliphatic carboxylic acids is 4. The Morgan fingerprint density at radius 1 is 0.488 bits per heavy atom. The molecular weight excluding hydrogens is 1660 g/mol. The predicted octanol–water partition coefficient (Wildman–Crippen LogP) is -5.15. The summed E-state index contributed by atoms with van der Waals surface area (Å²) in [5, 5.41) is 73.4. The number of carboxylic acids is 4. The van der Waals surface area contributed by atoms with Crippen LogP contribution < -0.4 is 58.9 Å². The topological polar surface area (TPSA) is 602 Å². The Bertz CT molecular complexity index is 3740. The molecule has 14 amide bonds. The maximum atomic E-state index is 15.1. The van der Waals surface area contributed by atoms with Gasteiger partial charge in [-0.15, -0.1) is 23.5 Å². The van der Waals surface area contributed by atoms with Crippen molar-refractivity contribution in [1.29, 1.82) is 0 Å². The van der Waals surface area contributed by atoms with Gasteiger partial charge in [-0.3, -0.25) is 111 Å². The van der Waals surface area contributed by atoms with E-state index in [2.05, 4.69) is 53.2 Å². The highest BCUT2D eigenvalue weighted by molar-refractivity contribution is 8.08. The number of imide groups is 1. The third-order valence-corrected chi connectivity index (χ3v) is 22.4. The van der Waals surface area contributed by atoms with Crippen LogP contribution in [0.15, 0.2) is 40.1 Å². The van der Waals surface area contributed by atoms with Crippen molar-refractivity contribution in [3.05, 3.63) is 45.7 Å². The van der Waals surface area contributed by atoms with Crippen molar-refractivity contribution in [2.45, 2.75) is 165 Å². The van der Waals surface area contributed by atoms with Crippen LogP contribution in [0.25, 0.3) is 0 Å². The summed E-state index contributed by atoms with van der Waals surface area (Å²) >= 11 is 1.24. The van der Waals surface area contributed by atoms with Crippen LogP contribution in [-0.4, -0.2) is 379 Å². The highest BCUT2D eigenvalue weighted by Gasteiger charge is 2.45. The van der Waals surface area contributed by atoms with E-state index < -0.39 is 180 Å².